The van der Waals surface area contributed by atoms with E-state index >= 15 is 0 Å². The van der Waals surface area contributed by atoms with Crippen LogP contribution < -0.4 is 5.32 Å². The second-order valence-electron chi connectivity index (χ2n) is 5.96. The third-order valence-electron chi connectivity index (χ3n) is 3.60. The van der Waals surface area contributed by atoms with Crippen molar-refractivity contribution in [2.24, 2.45) is 0 Å². The molecule has 0 aliphatic carbocycles. The smallest absolute Gasteiger partial charge is 0.271 e. The molecule has 1 N–H and O–H groups in total. The summed E-state index contributed by atoms with van der Waals surface area (Å²) in [6.45, 7) is 9.08. The summed E-state index contributed by atoms with van der Waals surface area (Å²) in [6, 6.07) is 0.0733. The van der Waals surface area contributed by atoms with E-state index in [0.29, 0.717) is 10.8 Å². The minimum Gasteiger partial charge on any atom is -0.347 e. The first kappa shape index (κ1) is 16.2. The van der Waals surface area contributed by atoms with Crippen LogP contribution in [0.25, 0.3) is 0 Å². The van der Waals surface area contributed by atoms with E-state index in [4.69, 9.17) is 11.6 Å². The maximum absolute atomic E-state index is 12.3. The number of hydrogen-bond donors (Lipinski definition) is 1. The van der Waals surface area contributed by atoms with Gasteiger partial charge in [0.25, 0.3) is 5.91 Å². The molecule has 0 spiro atoms. The number of aromatic nitrogens is 2. The number of amides is 1. The Bertz CT molecular complexity index is 500. The van der Waals surface area contributed by atoms with Crippen molar-refractivity contribution in [2.75, 3.05) is 19.6 Å². The number of carbonyl (C=O) groups excluding carboxylic acids is 1. The van der Waals surface area contributed by atoms with Gasteiger partial charge in [-0.25, -0.2) is 9.97 Å². The van der Waals surface area contributed by atoms with Crippen molar-refractivity contribution in [1.29, 1.82) is 0 Å². The van der Waals surface area contributed by atoms with Crippen molar-refractivity contribution in [2.45, 2.75) is 45.6 Å². The Morgan fingerprint density at radius 1 is 1.38 bits per heavy atom. The monoisotopic (exact) mass is 310 g/mol. The highest BCUT2D eigenvalue weighted by atomic mass is 35.5. The Kier molecular flexibility index (Phi) is 5.53. The van der Waals surface area contributed by atoms with Gasteiger partial charge in [-0.2, -0.15) is 0 Å². The molecular weight excluding hydrogens is 288 g/mol. The number of rotatable bonds is 5. The van der Waals surface area contributed by atoms with Crippen molar-refractivity contribution in [3.63, 3.8) is 0 Å². The topological polar surface area (TPSA) is 58.1 Å². The average Bonchev–Trinajstić information content (AvgIpc) is 2.91. The summed E-state index contributed by atoms with van der Waals surface area (Å²) in [4.78, 5) is 23.1. The Morgan fingerprint density at radius 3 is 2.67 bits per heavy atom. The molecule has 0 saturated carbocycles. The first-order valence-electron chi connectivity index (χ1n) is 7.53. The molecule has 2 heterocycles. The fraction of sp³-hybridized carbons (Fsp3) is 0.667. The third-order valence-corrected chi connectivity index (χ3v) is 3.88. The molecule has 1 aromatic rings. The SMILES string of the molecule is CC(CN1CCCC1)NC(=O)c1nc(C(C)C)ncc1Cl. The molecule has 6 heteroatoms. The Hall–Kier alpha value is -1.20. The van der Waals surface area contributed by atoms with Crippen LogP contribution >= 0.6 is 11.6 Å². The average molecular weight is 311 g/mol. The summed E-state index contributed by atoms with van der Waals surface area (Å²) in [5.41, 5.74) is 0.267. The third kappa shape index (κ3) is 4.38. The number of nitrogens with zero attached hydrogens (tertiary/aromatic N) is 3. The van der Waals surface area contributed by atoms with Crippen LogP contribution in [-0.4, -0.2) is 46.5 Å². The van der Waals surface area contributed by atoms with E-state index in [1.807, 2.05) is 20.8 Å². The molecule has 1 atom stereocenters. The van der Waals surface area contributed by atoms with E-state index in [1.54, 1.807) is 0 Å². The summed E-state index contributed by atoms with van der Waals surface area (Å²) in [6.07, 6.45) is 4.00. The van der Waals surface area contributed by atoms with Gasteiger partial charge in [-0.05, 0) is 32.9 Å². The highest BCUT2D eigenvalue weighted by Crippen LogP contribution is 2.16. The van der Waals surface area contributed by atoms with Gasteiger partial charge in [0.15, 0.2) is 0 Å². The molecule has 0 bridgehead atoms. The number of carbonyl (C=O) groups is 1. The van der Waals surface area contributed by atoms with E-state index < -0.39 is 0 Å². The molecule has 21 heavy (non-hydrogen) atoms. The molecule has 1 saturated heterocycles. The van der Waals surface area contributed by atoms with Crippen molar-refractivity contribution in [1.82, 2.24) is 20.2 Å². The van der Waals surface area contributed by atoms with Gasteiger partial charge in [0.1, 0.15) is 11.5 Å². The van der Waals surface area contributed by atoms with Crippen molar-refractivity contribution < 1.29 is 4.79 Å². The molecule has 1 aliphatic rings. The summed E-state index contributed by atoms with van der Waals surface area (Å²) in [7, 11) is 0. The van der Waals surface area contributed by atoms with Gasteiger partial charge >= 0.3 is 0 Å². The highest BCUT2D eigenvalue weighted by molar-refractivity contribution is 6.33. The quantitative estimate of drug-likeness (QED) is 0.907. The molecular formula is C15H23ClN4O. The van der Waals surface area contributed by atoms with Gasteiger partial charge in [-0.1, -0.05) is 25.4 Å². The fourth-order valence-electron chi connectivity index (χ4n) is 2.51. The van der Waals surface area contributed by atoms with Gasteiger partial charge in [-0.3, -0.25) is 4.79 Å². The molecule has 0 aromatic carbocycles. The lowest BCUT2D eigenvalue weighted by Gasteiger charge is -2.21. The van der Waals surface area contributed by atoms with E-state index in [1.165, 1.54) is 19.0 Å². The molecule has 1 aromatic heterocycles. The first-order chi connectivity index (χ1) is 9.97. The normalized spacial score (nSPS) is 17.2. The van der Waals surface area contributed by atoms with Gasteiger partial charge < -0.3 is 10.2 Å². The zero-order valence-corrected chi connectivity index (χ0v) is 13.7. The lowest BCUT2D eigenvalue weighted by molar-refractivity contribution is 0.0926. The van der Waals surface area contributed by atoms with Crippen LogP contribution in [0.3, 0.4) is 0 Å². The van der Waals surface area contributed by atoms with E-state index in [-0.39, 0.29) is 23.6 Å². The molecule has 116 valence electrons. The van der Waals surface area contributed by atoms with Crippen LogP contribution in [-0.2, 0) is 0 Å². The van der Waals surface area contributed by atoms with Crippen LogP contribution in [0.2, 0.25) is 5.02 Å². The fourth-order valence-corrected chi connectivity index (χ4v) is 2.69. The van der Waals surface area contributed by atoms with Crippen LogP contribution in [0.1, 0.15) is 55.8 Å². The Morgan fingerprint density at radius 2 is 2.05 bits per heavy atom. The summed E-state index contributed by atoms with van der Waals surface area (Å²) >= 11 is 6.05. The zero-order valence-electron chi connectivity index (χ0n) is 12.9. The number of likely N-dealkylation sites (tertiary alicyclic amines) is 1. The van der Waals surface area contributed by atoms with E-state index in [2.05, 4.69) is 20.2 Å². The maximum Gasteiger partial charge on any atom is 0.271 e. The van der Waals surface area contributed by atoms with Gasteiger partial charge in [0.05, 0.1) is 11.2 Å². The maximum atomic E-state index is 12.3. The number of nitrogens with one attached hydrogen (secondary N) is 1. The van der Waals surface area contributed by atoms with Gasteiger partial charge in [0, 0.05) is 18.5 Å². The minimum absolute atomic E-state index is 0.0733. The zero-order chi connectivity index (χ0) is 15.4. The standard InChI is InChI=1S/C15H23ClN4O/c1-10(2)14-17-8-12(16)13(19-14)15(21)18-11(3)9-20-6-4-5-7-20/h8,10-11H,4-7,9H2,1-3H3,(H,18,21). The van der Waals surface area contributed by atoms with Gasteiger partial charge in [0.2, 0.25) is 0 Å². The minimum atomic E-state index is -0.226. The molecule has 2 rings (SSSR count). The Balaban J connectivity index is 2.00. The van der Waals surface area contributed by atoms with Gasteiger partial charge in [-0.15, -0.1) is 0 Å². The summed E-state index contributed by atoms with van der Waals surface area (Å²) in [5, 5.41) is 3.27. The van der Waals surface area contributed by atoms with Crippen molar-refractivity contribution in [3.8, 4) is 0 Å². The second-order valence-corrected chi connectivity index (χ2v) is 6.37. The van der Waals surface area contributed by atoms with E-state index in [9.17, 15) is 4.79 Å². The molecule has 1 unspecified atom stereocenters. The van der Waals surface area contributed by atoms with Crippen LogP contribution in [0, 0.1) is 0 Å². The predicted octanol–water partition coefficient (Wildman–Crippen LogP) is 2.47. The molecule has 5 nitrogen and oxygen atoms in total. The van der Waals surface area contributed by atoms with E-state index in [0.717, 1.165) is 19.6 Å². The van der Waals surface area contributed by atoms with Crippen LogP contribution in [0.5, 0.6) is 0 Å². The highest BCUT2D eigenvalue weighted by Gasteiger charge is 2.19. The number of halogens is 1. The largest absolute Gasteiger partial charge is 0.347 e. The Labute approximate surface area is 131 Å². The van der Waals surface area contributed by atoms with Crippen LogP contribution in [0.15, 0.2) is 6.20 Å². The first-order valence-corrected chi connectivity index (χ1v) is 7.91. The summed E-state index contributed by atoms with van der Waals surface area (Å²) < 4.78 is 0. The van der Waals surface area contributed by atoms with Crippen molar-refractivity contribution in [3.05, 3.63) is 22.7 Å². The molecule has 1 aliphatic heterocycles. The molecule has 1 amide bonds. The van der Waals surface area contributed by atoms with Crippen LogP contribution in [0.4, 0.5) is 0 Å². The lowest BCUT2D eigenvalue weighted by Crippen LogP contribution is -2.41. The second kappa shape index (κ2) is 7.18. The summed E-state index contributed by atoms with van der Waals surface area (Å²) in [5.74, 6) is 0.573. The lowest BCUT2D eigenvalue weighted by atomic mass is 10.2. The van der Waals surface area contributed by atoms with Crippen molar-refractivity contribution >= 4 is 17.5 Å². The molecule has 0 radical (unpaired) electrons. The molecule has 1 fully saturated rings. The predicted molar refractivity (Wildman–Crippen MR) is 83.7 cm³/mol. The number of hydrogen-bond acceptors (Lipinski definition) is 4.